The smallest absolute Gasteiger partial charge is 0.428 e. The van der Waals surface area contributed by atoms with Crippen molar-refractivity contribution in [3.8, 4) is 0 Å². The Morgan fingerprint density at radius 3 is 2.38 bits per heavy atom. The zero-order valence-electron chi connectivity index (χ0n) is 22.8. The summed E-state index contributed by atoms with van der Waals surface area (Å²) >= 11 is 0. The van der Waals surface area contributed by atoms with Gasteiger partial charge in [0.1, 0.15) is 0 Å². The molecule has 1 aliphatic heterocycles. The van der Waals surface area contributed by atoms with E-state index in [-0.39, 0.29) is 18.4 Å². The van der Waals surface area contributed by atoms with Crippen LogP contribution in [0.3, 0.4) is 0 Å². The lowest BCUT2D eigenvalue weighted by molar-refractivity contribution is -0.203. The molecular weight excluding hydrogens is 474 g/mol. The molecule has 0 aromatic heterocycles. The van der Waals surface area contributed by atoms with E-state index in [2.05, 4.69) is 10.9 Å². The van der Waals surface area contributed by atoms with Crippen molar-refractivity contribution in [3.63, 3.8) is 0 Å². The predicted molar refractivity (Wildman–Crippen MR) is 141 cm³/mol. The van der Waals surface area contributed by atoms with Gasteiger partial charge in [-0.3, -0.25) is 15.0 Å². The van der Waals surface area contributed by atoms with Crippen molar-refractivity contribution in [2.75, 3.05) is 20.3 Å². The fourth-order valence-electron chi connectivity index (χ4n) is 4.19. The van der Waals surface area contributed by atoms with Crippen molar-refractivity contribution in [1.29, 1.82) is 0 Å². The van der Waals surface area contributed by atoms with Crippen LogP contribution in [-0.4, -0.2) is 49.5 Å². The highest BCUT2D eigenvalue weighted by Gasteiger charge is 2.35. The summed E-state index contributed by atoms with van der Waals surface area (Å²) in [6, 6.07) is 9.74. The van der Waals surface area contributed by atoms with Gasteiger partial charge in [0.2, 0.25) is 11.8 Å². The number of hydroxylamine groups is 1. The van der Waals surface area contributed by atoms with Gasteiger partial charge in [0.15, 0.2) is 6.29 Å². The molecule has 0 spiro atoms. The maximum absolute atomic E-state index is 13.5. The summed E-state index contributed by atoms with van der Waals surface area (Å²) in [5.41, 5.74) is 6.24. The Labute approximate surface area is 220 Å². The van der Waals surface area contributed by atoms with Crippen LogP contribution in [0.25, 0.3) is 6.08 Å². The lowest BCUT2D eigenvalue weighted by Crippen LogP contribution is -2.52. The Morgan fingerprint density at radius 1 is 1.05 bits per heavy atom. The Bertz CT molecular complexity index is 868. The minimum atomic E-state index is -0.732. The molecule has 2 N–H and O–H groups in total. The van der Waals surface area contributed by atoms with Gasteiger partial charge in [-0.1, -0.05) is 70.2 Å². The second-order valence-corrected chi connectivity index (χ2v) is 10.2. The minimum absolute atomic E-state index is 0.0970. The van der Waals surface area contributed by atoms with Crippen LogP contribution in [0, 0.1) is 23.7 Å². The first kappa shape index (κ1) is 30.3. The molecule has 1 aromatic carbocycles. The van der Waals surface area contributed by atoms with Crippen LogP contribution in [0.2, 0.25) is 0 Å². The summed E-state index contributed by atoms with van der Waals surface area (Å²) < 4.78 is 10.4. The van der Waals surface area contributed by atoms with Crippen molar-refractivity contribution < 1.29 is 28.7 Å². The molecule has 0 aliphatic carbocycles. The summed E-state index contributed by atoms with van der Waals surface area (Å²) in [5.74, 6) is -2.04. The van der Waals surface area contributed by atoms with E-state index in [4.69, 9.17) is 14.3 Å². The zero-order chi connectivity index (χ0) is 27.2. The number of methoxy groups -OCH3 is 1. The fraction of sp³-hybridized carbons (Fsp3) is 0.607. The molecule has 1 saturated heterocycles. The quantitative estimate of drug-likeness (QED) is 0.390. The monoisotopic (exact) mass is 517 g/mol. The molecule has 37 heavy (non-hydrogen) atoms. The third kappa shape index (κ3) is 10.9. The van der Waals surface area contributed by atoms with Crippen LogP contribution >= 0.6 is 0 Å². The van der Waals surface area contributed by atoms with Crippen LogP contribution in [0.1, 0.15) is 65.4 Å². The Balaban J connectivity index is 2.25. The zero-order valence-corrected chi connectivity index (χ0v) is 22.8. The number of carbonyl (C=O) groups is 3. The highest BCUT2D eigenvalue weighted by atomic mass is 16.8. The molecule has 1 unspecified atom stereocenters. The number of amides is 3. The van der Waals surface area contributed by atoms with E-state index in [0.717, 1.165) is 18.4 Å². The maximum Gasteiger partial charge on any atom is 0.428 e. The first-order valence-electron chi connectivity index (χ1n) is 13.2. The molecule has 0 saturated carbocycles. The average molecular weight is 518 g/mol. The number of nitrogens with one attached hydrogen (secondary N) is 2. The molecule has 9 nitrogen and oxygen atoms in total. The second-order valence-electron chi connectivity index (χ2n) is 10.2. The summed E-state index contributed by atoms with van der Waals surface area (Å²) in [6.07, 6.45) is 6.02. The minimum Gasteiger partial charge on any atom is -0.452 e. The average Bonchev–Trinajstić information content (AvgIpc) is 2.88. The predicted octanol–water partition coefficient (Wildman–Crippen LogP) is 4.70. The summed E-state index contributed by atoms with van der Waals surface area (Å²) in [4.78, 5) is 44.8. The molecule has 206 valence electrons. The Morgan fingerprint density at radius 2 is 1.78 bits per heavy atom. The van der Waals surface area contributed by atoms with Crippen LogP contribution in [-0.2, 0) is 23.9 Å². The van der Waals surface area contributed by atoms with E-state index >= 15 is 0 Å². The second kappa shape index (κ2) is 16.0. The highest BCUT2D eigenvalue weighted by molar-refractivity contribution is 5.88. The first-order valence-corrected chi connectivity index (χ1v) is 13.2. The highest BCUT2D eigenvalue weighted by Crippen LogP contribution is 2.26. The van der Waals surface area contributed by atoms with Crippen molar-refractivity contribution in [3.05, 3.63) is 42.0 Å². The molecule has 1 fully saturated rings. The number of hydrazine groups is 1. The molecule has 2 rings (SSSR count). The molecule has 1 aromatic rings. The van der Waals surface area contributed by atoms with Crippen molar-refractivity contribution in [2.24, 2.45) is 23.7 Å². The SMILES string of the molecule is COC(=O)N(CC(C)C)NC(=O)[C@H](CC(C)C)C(CC=Cc1ccccc1)C(=O)NO[C@H]1CCCCO1. The number of nitrogens with zero attached hydrogens (tertiary/aromatic N) is 1. The van der Waals surface area contributed by atoms with Gasteiger partial charge < -0.3 is 9.47 Å². The molecule has 0 radical (unpaired) electrons. The van der Waals surface area contributed by atoms with Crippen molar-refractivity contribution in [2.45, 2.75) is 66.1 Å². The lowest BCUT2D eigenvalue weighted by atomic mass is 9.82. The standard InChI is InChI=1S/C28H43N3O6/c1-20(2)18-24(26(32)29-31(19-21(3)4)28(34)35-5)23(15-11-14-22-12-7-6-8-13-22)27(33)30-37-25-16-9-10-17-36-25/h6-8,11-14,20-21,23-25H,9-10,15-19H2,1-5H3,(H,29,32)(H,30,33)/t23?,24-,25+/m1/s1. The van der Waals surface area contributed by atoms with Crippen LogP contribution < -0.4 is 10.9 Å². The van der Waals surface area contributed by atoms with E-state index in [1.165, 1.54) is 12.1 Å². The van der Waals surface area contributed by atoms with E-state index in [9.17, 15) is 14.4 Å². The van der Waals surface area contributed by atoms with Crippen molar-refractivity contribution in [1.82, 2.24) is 15.9 Å². The van der Waals surface area contributed by atoms with Gasteiger partial charge in [-0.25, -0.2) is 20.1 Å². The number of hydrogen-bond acceptors (Lipinski definition) is 6. The number of hydrogen-bond donors (Lipinski definition) is 2. The Hall–Kier alpha value is -2.91. The molecule has 1 aliphatic rings. The van der Waals surface area contributed by atoms with E-state index in [1.807, 2.05) is 70.2 Å². The van der Waals surface area contributed by atoms with Gasteiger partial charge in [-0.05, 0) is 43.1 Å². The largest absolute Gasteiger partial charge is 0.452 e. The first-order chi connectivity index (χ1) is 17.7. The summed E-state index contributed by atoms with van der Waals surface area (Å²) in [6.45, 7) is 8.72. The lowest BCUT2D eigenvalue weighted by Gasteiger charge is -2.30. The summed E-state index contributed by atoms with van der Waals surface area (Å²) in [7, 11) is 1.27. The van der Waals surface area contributed by atoms with Crippen LogP contribution in [0.4, 0.5) is 4.79 Å². The van der Waals surface area contributed by atoms with Gasteiger partial charge in [-0.2, -0.15) is 0 Å². The normalized spacial score (nSPS) is 17.4. The molecule has 0 bridgehead atoms. The van der Waals surface area contributed by atoms with Crippen molar-refractivity contribution >= 4 is 24.0 Å². The van der Waals surface area contributed by atoms with Crippen LogP contribution in [0.5, 0.6) is 0 Å². The van der Waals surface area contributed by atoms with E-state index in [0.29, 0.717) is 25.9 Å². The number of benzene rings is 1. The third-order valence-corrected chi connectivity index (χ3v) is 6.00. The number of rotatable bonds is 12. The van der Waals surface area contributed by atoms with Gasteiger partial charge in [0, 0.05) is 19.6 Å². The number of allylic oxidation sites excluding steroid dienone is 1. The van der Waals surface area contributed by atoms with E-state index < -0.39 is 36.0 Å². The Kier molecular flexibility index (Phi) is 13.1. The number of carbonyl (C=O) groups excluding carboxylic acids is 3. The molecular formula is C28H43N3O6. The third-order valence-electron chi connectivity index (χ3n) is 6.00. The molecule has 3 atom stereocenters. The molecule has 1 heterocycles. The van der Waals surface area contributed by atoms with Gasteiger partial charge in [0.05, 0.1) is 18.9 Å². The van der Waals surface area contributed by atoms with E-state index in [1.54, 1.807) is 0 Å². The maximum atomic E-state index is 13.5. The van der Waals surface area contributed by atoms with Gasteiger partial charge in [-0.15, -0.1) is 0 Å². The fourth-order valence-corrected chi connectivity index (χ4v) is 4.19. The molecule has 9 heteroatoms. The topological polar surface area (TPSA) is 106 Å². The van der Waals surface area contributed by atoms with Gasteiger partial charge >= 0.3 is 6.09 Å². The number of ether oxygens (including phenoxy) is 2. The molecule has 3 amide bonds. The summed E-state index contributed by atoms with van der Waals surface area (Å²) in [5, 5.41) is 1.17. The van der Waals surface area contributed by atoms with Gasteiger partial charge in [0.25, 0.3) is 0 Å². The van der Waals surface area contributed by atoms with Crippen LogP contribution in [0.15, 0.2) is 36.4 Å².